The Bertz CT molecular complexity index is 51.4. The second-order valence-corrected chi connectivity index (χ2v) is 2.31. The van der Waals surface area contributed by atoms with Crippen molar-refractivity contribution in [1.82, 2.24) is 0 Å². The van der Waals surface area contributed by atoms with E-state index in [2.05, 4.69) is 4.43 Å². The summed E-state index contributed by atoms with van der Waals surface area (Å²) >= 11 is 0. The Kier molecular flexibility index (Phi) is 2.37. The molecule has 0 spiro atoms. The van der Waals surface area contributed by atoms with Crippen LogP contribution in [0.2, 0.25) is 0 Å². The van der Waals surface area contributed by atoms with Gasteiger partial charge < -0.3 is 14.0 Å². The van der Waals surface area contributed by atoms with Crippen LogP contribution in [0.5, 0.6) is 0 Å². The Hall–Kier alpha value is 0.0269. The van der Waals surface area contributed by atoms with Crippen LogP contribution in [0.15, 0.2) is 0 Å². The van der Waals surface area contributed by atoms with Crippen molar-refractivity contribution in [2.75, 3.05) is 6.61 Å². The molecule has 0 aromatic carbocycles. The average Bonchev–Trinajstić information content (AvgIpc) is 1.30. The van der Waals surface area contributed by atoms with Gasteiger partial charge in [-0.05, 0) is 6.92 Å². The predicted octanol–water partition coefficient (Wildman–Crippen LogP) is -0.587. The Morgan fingerprint density at radius 3 is 2.14 bits per heavy atom. The summed E-state index contributed by atoms with van der Waals surface area (Å²) in [4.78, 5) is 15.6. The molecule has 0 bridgehead atoms. The van der Waals surface area contributed by atoms with Crippen LogP contribution < -0.4 is 0 Å². The van der Waals surface area contributed by atoms with E-state index in [9.17, 15) is 4.11 Å². The van der Waals surface area contributed by atoms with Gasteiger partial charge in [-0.15, -0.1) is 0 Å². The lowest BCUT2D eigenvalue weighted by molar-refractivity contribution is 0.106. The Balaban J connectivity index is 3.15. The molecular weight excluding hydrogens is 119 g/mol. The van der Waals surface area contributed by atoms with E-state index < -0.39 is 9.14 Å². The third kappa shape index (κ3) is 6.03. The van der Waals surface area contributed by atoms with Gasteiger partial charge in [-0.25, -0.2) is 4.11 Å². The van der Waals surface area contributed by atoms with Crippen molar-refractivity contribution in [3.8, 4) is 0 Å². The molecule has 0 saturated carbocycles. The van der Waals surface area contributed by atoms with Crippen molar-refractivity contribution in [3.05, 3.63) is 0 Å². The highest BCUT2D eigenvalue weighted by Crippen LogP contribution is 1.93. The first-order valence-corrected chi connectivity index (χ1v) is 3.52. The second kappa shape index (κ2) is 2.36. The van der Waals surface area contributed by atoms with Gasteiger partial charge >= 0.3 is 9.14 Å². The van der Waals surface area contributed by atoms with Gasteiger partial charge in [0.05, 0.1) is 0 Å². The van der Waals surface area contributed by atoms with Crippen molar-refractivity contribution in [3.63, 3.8) is 0 Å². The lowest BCUT2D eigenvalue weighted by Crippen LogP contribution is -2.32. The minimum Gasteiger partial charge on any atom is -0.364 e. The fraction of sp³-hybridized carbons (Fsp3) is 1.00. The van der Waals surface area contributed by atoms with E-state index in [4.69, 9.17) is 9.59 Å². The Morgan fingerprint density at radius 1 is 1.71 bits per heavy atom. The first-order chi connectivity index (χ1) is 3.06. The summed E-state index contributed by atoms with van der Waals surface area (Å²) in [6.45, 7) is 1.48. The molecule has 0 saturated heterocycles. The average molecular weight is 126 g/mol. The molecule has 0 unspecified atom stereocenters. The summed E-state index contributed by atoms with van der Waals surface area (Å²) in [5.74, 6) is 0. The molecular formula is C2H7FO3Si. The molecule has 2 N–H and O–H groups in total. The molecule has 5 heteroatoms. The maximum Gasteiger partial charge on any atom is 0.714 e. The maximum absolute atomic E-state index is 11.4. The summed E-state index contributed by atoms with van der Waals surface area (Å²) in [7, 11) is -4.66. The smallest absolute Gasteiger partial charge is 0.364 e. The monoisotopic (exact) mass is 126 g/mol. The Morgan fingerprint density at radius 2 is 2.14 bits per heavy atom. The number of halogens is 1. The van der Waals surface area contributed by atoms with Crippen molar-refractivity contribution in [2.45, 2.75) is 6.92 Å². The largest absolute Gasteiger partial charge is 0.714 e. The third-order valence-corrected chi connectivity index (χ3v) is 0.984. The van der Waals surface area contributed by atoms with E-state index in [1.165, 1.54) is 6.92 Å². The molecule has 44 valence electrons. The van der Waals surface area contributed by atoms with E-state index >= 15 is 0 Å². The quantitative estimate of drug-likeness (QED) is 0.384. The molecule has 0 atom stereocenters. The van der Waals surface area contributed by atoms with Crippen LogP contribution in [0.1, 0.15) is 6.92 Å². The first-order valence-electron chi connectivity index (χ1n) is 1.84. The number of hydrogen-bond donors (Lipinski definition) is 2. The standard InChI is InChI=1S/C2H7FO3Si/c1-2-6-7(3,4)5/h4-5H,2H2,1H3. The molecule has 7 heavy (non-hydrogen) atoms. The van der Waals surface area contributed by atoms with Crippen LogP contribution in [-0.4, -0.2) is 25.3 Å². The van der Waals surface area contributed by atoms with E-state index in [0.717, 1.165) is 0 Å². The van der Waals surface area contributed by atoms with Crippen molar-refractivity contribution >= 4 is 9.14 Å². The van der Waals surface area contributed by atoms with Gasteiger partial charge in [0.15, 0.2) is 0 Å². The van der Waals surface area contributed by atoms with Crippen LogP contribution in [0.25, 0.3) is 0 Å². The Labute approximate surface area is 41.9 Å². The van der Waals surface area contributed by atoms with Crippen molar-refractivity contribution in [1.29, 1.82) is 0 Å². The summed E-state index contributed by atoms with van der Waals surface area (Å²) in [6.07, 6.45) is 0. The highest BCUT2D eigenvalue weighted by atomic mass is 28.4. The first kappa shape index (κ1) is 7.03. The minimum atomic E-state index is -4.66. The maximum atomic E-state index is 11.4. The molecule has 0 aliphatic carbocycles. The molecule has 0 fully saturated rings. The van der Waals surface area contributed by atoms with Gasteiger partial charge in [-0.3, -0.25) is 0 Å². The van der Waals surface area contributed by atoms with E-state index in [1.807, 2.05) is 0 Å². The van der Waals surface area contributed by atoms with Crippen LogP contribution >= 0.6 is 0 Å². The fourth-order valence-electron chi connectivity index (χ4n) is 0.184. The number of hydrogen-bond acceptors (Lipinski definition) is 3. The van der Waals surface area contributed by atoms with Gasteiger partial charge in [0.2, 0.25) is 0 Å². The molecule has 3 nitrogen and oxygen atoms in total. The van der Waals surface area contributed by atoms with Gasteiger partial charge in [-0.1, -0.05) is 0 Å². The van der Waals surface area contributed by atoms with Gasteiger partial charge in [0, 0.05) is 6.61 Å². The van der Waals surface area contributed by atoms with Crippen LogP contribution in [0.3, 0.4) is 0 Å². The summed E-state index contributed by atoms with van der Waals surface area (Å²) in [6, 6.07) is 0. The zero-order valence-electron chi connectivity index (χ0n) is 3.89. The van der Waals surface area contributed by atoms with E-state index in [0.29, 0.717) is 0 Å². The highest BCUT2D eigenvalue weighted by Gasteiger charge is 2.32. The molecule has 0 aliphatic heterocycles. The van der Waals surface area contributed by atoms with Crippen LogP contribution in [-0.2, 0) is 4.43 Å². The zero-order chi connectivity index (χ0) is 5.91. The molecule has 0 radical (unpaired) electrons. The third-order valence-electron chi connectivity index (χ3n) is 0.328. The summed E-state index contributed by atoms with van der Waals surface area (Å²) in [5, 5.41) is 0. The van der Waals surface area contributed by atoms with Crippen LogP contribution in [0, 0.1) is 0 Å². The highest BCUT2D eigenvalue weighted by molar-refractivity contribution is 6.49. The van der Waals surface area contributed by atoms with Gasteiger partial charge in [-0.2, -0.15) is 0 Å². The summed E-state index contributed by atoms with van der Waals surface area (Å²) in [5.41, 5.74) is 0. The number of rotatable bonds is 2. The van der Waals surface area contributed by atoms with E-state index in [1.54, 1.807) is 0 Å². The lowest BCUT2D eigenvalue weighted by atomic mass is 10.9. The molecule has 0 aromatic rings. The predicted molar refractivity (Wildman–Crippen MR) is 22.9 cm³/mol. The van der Waals surface area contributed by atoms with Crippen molar-refractivity contribution < 1.29 is 18.1 Å². The van der Waals surface area contributed by atoms with Crippen molar-refractivity contribution in [2.24, 2.45) is 0 Å². The molecule has 0 aromatic heterocycles. The van der Waals surface area contributed by atoms with Gasteiger partial charge in [0.1, 0.15) is 0 Å². The molecule has 0 amide bonds. The minimum absolute atomic E-state index is 0.00424. The topological polar surface area (TPSA) is 49.7 Å². The van der Waals surface area contributed by atoms with Gasteiger partial charge in [0.25, 0.3) is 0 Å². The lowest BCUT2D eigenvalue weighted by Gasteiger charge is -2.02. The molecule has 0 aliphatic rings. The fourth-order valence-corrected chi connectivity index (χ4v) is 0.551. The SMILES string of the molecule is CCO[Si](O)(O)F. The molecule has 0 heterocycles. The summed E-state index contributed by atoms with van der Waals surface area (Å²) < 4.78 is 15.2. The van der Waals surface area contributed by atoms with E-state index in [-0.39, 0.29) is 6.61 Å². The second-order valence-electron chi connectivity index (χ2n) is 0.962. The molecule has 0 rings (SSSR count). The zero-order valence-corrected chi connectivity index (χ0v) is 4.89. The van der Waals surface area contributed by atoms with Crippen LogP contribution in [0.4, 0.5) is 4.11 Å². The normalized spacial score (nSPS) is 12.0.